The maximum absolute atomic E-state index is 12.4. The van der Waals surface area contributed by atoms with Gasteiger partial charge >= 0.3 is 0 Å². The van der Waals surface area contributed by atoms with Crippen molar-refractivity contribution in [1.29, 1.82) is 0 Å². The number of amides is 1. The third-order valence-corrected chi connectivity index (χ3v) is 5.28. The molecule has 3 aliphatic carbocycles. The van der Waals surface area contributed by atoms with Crippen molar-refractivity contribution in [3.63, 3.8) is 0 Å². The second-order valence-corrected chi connectivity index (χ2v) is 6.34. The van der Waals surface area contributed by atoms with Crippen molar-refractivity contribution in [3.05, 3.63) is 35.4 Å². The lowest BCUT2D eigenvalue weighted by atomic mass is 10.1. The van der Waals surface area contributed by atoms with E-state index in [9.17, 15) is 4.79 Å². The fourth-order valence-electron chi connectivity index (χ4n) is 4.27. The molecule has 4 unspecified atom stereocenters. The molecule has 0 spiro atoms. The van der Waals surface area contributed by atoms with Crippen LogP contribution in [0.5, 0.6) is 0 Å². The topological polar surface area (TPSA) is 55.1 Å². The molecule has 0 saturated heterocycles. The van der Waals surface area contributed by atoms with E-state index in [-0.39, 0.29) is 23.9 Å². The molecule has 4 rings (SSSR count). The molecule has 0 heterocycles. The second-order valence-electron chi connectivity index (χ2n) is 6.34. The van der Waals surface area contributed by atoms with Crippen molar-refractivity contribution >= 4 is 5.91 Å². The first-order valence-electron chi connectivity index (χ1n) is 7.39. The van der Waals surface area contributed by atoms with Gasteiger partial charge in [-0.15, -0.1) is 0 Å². The number of hydrogen-bond acceptors (Lipinski definition) is 2. The first-order chi connectivity index (χ1) is 9.25. The lowest BCUT2D eigenvalue weighted by Crippen LogP contribution is -2.39. The Labute approximate surface area is 113 Å². The highest BCUT2D eigenvalue weighted by Gasteiger charge is 2.56. The molecule has 0 radical (unpaired) electrons. The monoisotopic (exact) mass is 256 g/mol. The van der Waals surface area contributed by atoms with Gasteiger partial charge in [0.05, 0.1) is 6.04 Å². The quantitative estimate of drug-likeness (QED) is 0.847. The summed E-state index contributed by atoms with van der Waals surface area (Å²) in [5.74, 6) is 1.88. The van der Waals surface area contributed by atoms with Crippen LogP contribution in [-0.4, -0.2) is 11.9 Å². The van der Waals surface area contributed by atoms with Crippen molar-refractivity contribution in [2.75, 3.05) is 0 Å². The van der Waals surface area contributed by atoms with Crippen LogP contribution in [-0.2, 0) is 11.2 Å². The van der Waals surface area contributed by atoms with Gasteiger partial charge in [0.15, 0.2) is 0 Å². The predicted molar refractivity (Wildman–Crippen MR) is 73.3 cm³/mol. The summed E-state index contributed by atoms with van der Waals surface area (Å²) in [5.41, 5.74) is 8.70. The highest BCUT2D eigenvalue weighted by molar-refractivity contribution is 5.83. The summed E-state index contributed by atoms with van der Waals surface area (Å²) in [4.78, 5) is 12.4. The number of carbonyl (C=O) groups is 1. The van der Waals surface area contributed by atoms with Crippen molar-refractivity contribution in [3.8, 4) is 0 Å². The van der Waals surface area contributed by atoms with E-state index >= 15 is 0 Å². The first kappa shape index (κ1) is 11.5. The van der Waals surface area contributed by atoms with Crippen LogP contribution in [0.3, 0.4) is 0 Å². The van der Waals surface area contributed by atoms with Gasteiger partial charge in [-0.1, -0.05) is 30.7 Å². The molecular weight excluding hydrogens is 236 g/mol. The van der Waals surface area contributed by atoms with E-state index in [1.54, 1.807) is 0 Å². The number of carbonyl (C=O) groups excluding carboxylic acids is 1. The average Bonchev–Trinajstić information content (AvgIpc) is 2.76. The van der Waals surface area contributed by atoms with Gasteiger partial charge in [-0.3, -0.25) is 4.79 Å². The Morgan fingerprint density at radius 1 is 1.21 bits per heavy atom. The van der Waals surface area contributed by atoms with Crippen LogP contribution in [0.4, 0.5) is 0 Å². The summed E-state index contributed by atoms with van der Waals surface area (Å²) >= 11 is 0. The smallest absolute Gasteiger partial charge is 0.224 e. The number of rotatable bonds is 2. The molecule has 100 valence electrons. The largest absolute Gasteiger partial charge is 0.347 e. The average molecular weight is 256 g/mol. The zero-order chi connectivity index (χ0) is 13.0. The number of benzene rings is 1. The van der Waals surface area contributed by atoms with Crippen molar-refractivity contribution in [1.82, 2.24) is 5.32 Å². The SMILES string of the molecule is NC1Cc2ccccc2C1NC(=O)C1C2CCCC21. The summed E-state index contributed by atoms with van der Waals surface area (Å²) in [6, 6.07) is 8.33. The third-order valence-electron chi connectivity index (χ3n) is 5.28. The number of nitrogens with two attached hydrogens (primary N) is 1. The third kappa shape index (κ3) is 1.71. The molecule has 3 N–H and O–H groups in total. The second kappa shape index (κ2) is 4.07. The van der Waals surface area contributed by atoms with Crippen LogP contribution < -0.4 is 11.1 Å². The summed E-state index contributed by atoms with van der Waals surface area (Å²) in [5, 5.41) is 3.21. The molecule has 0 aliphatic heterocycles. The van der Waals surface area contributed by atoms with E-state index in [2.05, 4.69) is 17.4 Å². The van der Waals surface area contributed by atoms with E-state index in [0.29, 0.717) is 11.8 Å². The van der Waals surface area contributed by atoms with Crippen molar-refractivity contribution < 1.29 is 4.79 Å². The summed E-state index contributed by atoms with van der Waals surface area (Å²) in [6.07, 6.45) is 4.68. The molecule has 3 heteroatoms. The van der Waals surface area contributed by atoms with Crippen LogP contribution in [0.2, 0.25) is 0 Å². The predicted octanol–water partition coefficient (Wildman–Crippen LogP) is 1.77. The molecule has 1 amide bonds. The highest BCUT2D eigenvalue weighted by Crippen LogP contribution is 2.57. The Morgan fingerprint density at radius 3 is 2.74 bits per heavy atom. The van der Waals surface area contributed by atoms with Gasteiger partial charge in [-0.05, 0) is 42.2 Å². The summed E-state index contributed by atoms with van der Waals surface area (Å²) in [7, 11) is 0. The van der Waals surface area contributed by atoms with E-state index < -0.39 is 0 Å². The van der Waals surface area contributed by atoms with Crippen molar-refractivity contribution in [2.24, 2.45) is 23.5 Å². The van der Waals surface area contributed by atoms with Gasteiger partial charge in [0.2, 0.25) is 5.91 Å². The fraction of sp³-hybridized carbons (Fsp3) is 0.562. The number of hydrogen-bond donors (Lipinski definition) is 2. The van der Waals surface area contributed by atoms with E-state index in [0.717, 1.165) is 6.42 Å². The first-order valence-corrected chi connectivity index (χ1v) is 7.39. The van der Waals surface area contributed by atoms with Crippen LogP contribution in [0, 0.1) is 17.8 Å². The molecule has 19 heavy (non-hydrogen) atoms. The van der Waals surface area contributed by atoms with Crippen molar-refractivity contribution in [2.45, 2.75) is 37.8 Å². The molecule has 1 aromatic carbocycles. The minimum absolute atomic E-state index is 0.0185. The van der Waals surface area contributed by atoms with Gasteiger partial charge in [-0.25, -0.2) is 0 Å². The van der Waals surface area contributed by atoms with E-state index in [4.69, 9.17) is 5.73 Å². The molecule has 3 aliphatic rings. The molecule has 3 nitrogen and oxygen atoms in total. The summed E-state index contributed by atoms with van der Waals surface area (Å²) in [6.45, 7) is 0. The maximum Gasteiger partial charge on any atom is 0.224 e. The van der Waals surface area contributed by atoms with Gasteiger partial charge in [-0.2, -0.15) is 0 Å². The molecular formula is C16H20N2O. The van der Waals surface area contributed by atoms with Crippen LogP contribution >= 0.6 is 0 Å². The minimum Gasteiger partial charge on any atom is -0.347 e. The fourth-order valence-corrected chi connectivity index (χ4v) is 4.27. The molecule has 0 aromatic heterocycles. The molecule has 0 bridgehead atoms. The number of fused-ring (bicyclic) bond motifs is 2. The lowest BCUT2D eigenvalue weighted by Gasteiger charge is -2.19. The Balaban J connectivity index is 1.50. The van der Waals surface area contributed by atoms with Crippen LogP contribution in [0.1, 0.15) is 36.4 Å². The van der Waals surface area contributed by atoms with Crippen LogP contribution in [0.15, 0.2) is 24.3 Å². The Hall–Kier alpha value is -1.35. The van der Waals surface area contributed by atoms with Gasteiger partial charge in [0.25, 0.3) is 0 Å². The zero-order valence-corrected chi connectivity index (χ0v) is 11.0. The standard InChI is InChI=1S/C16H20N2O/c17-13-8-9-4-1-2-5-10(9)15(13)18-16(19)14-11-6-3-7-12(11)14/h1-2,4-5,11-15H,3,6-8,17H2,(H,18,19). The summed E-state index contributed by atoms with van der Waals surface area (Å²) < 4.78 is 0. The normalized spacial score (nSPS) is 38.7. The number of nitrogens with one attached hydrogen (secondary N) is 1. The van der Waals surface area contributed by atoms with Gasteiger partial charge in [0.1, 0.15) is 0 Å². The Kier molecular flexibility index (Phi) is 2.46. The Morgan fingerprint density at radius 2 is 1.95 bits per heavy atom. The maximum atomic E-state index is 12.4. The zero-order valence-electron chi connectivity index (χ0n) is 11.0. The molecule has 1 aromatic rings. The van der Waals surface area contributed by atoms with E-state index in [1.165, 1.54) is 30.4 Å². The lowest BCUT2D eigenvalue weighted by molar-refractivity contribution is -0.123. The molecule has 2 fully saturated rings. The van der Waals surface area contributed by atoms with Crippen LogP contribution in [0.25, 0.3) is 0 Å². The van der Waals surface area contributed by atoms with E-state index in [1.807, 2.05) is 12.1 Å². The van der Waals surface area contributed by atoms with Gasteiger partial charge in [0, 0.05) is 12.0 Å². The Bertz CT molecular complexity index is 517. The molecule has 4 atom stereocenters. The molecule has 2 saturated carbocycles. The van der Waals surface area contributed by atoms with Gasteiger partial charge < -0.3 is 11.1 Å². The highest BCUT2D eigenvalue weighted by atomic mass is 16.2. The minimum atomic E-state index is 0.0185.